The molecule has 0 N–H and O–H groups in total. The maximum atomic E-state index is 13.2. The second-order valence-corrected chi connectivity index (χ2v) is 6.69. The highest BCUT2D eigenvalue weighted by atomic mass is 16.5. The van der Waals surface area contributed by atoms with Gasteiger partial charge in [-0.3, -0.25) is 9.59 Å². The number of hydrogen-bond acceptors (Lipinski definition) is 4. The zero-order valence-electron chi connectivity index (χ0n) is 15.8. The molecule has 1 unspecified atom stereocenters. The van der Waals surface area contributed by atoms with E-state index in [-0.39, 0.29) is 11.8 Å². The molecule has 144 valence electrons. The third-order valence-electron chi connectivity index (χ3n) is 5.10. The van der Waals surface area contributed by atoms with E-state index in [4.69, 9.17) is 9.47 Å². The van der Waals surface area contributed by atoms with Crippen LogP contribution in [0.3, 0.4) is 0 Å². The van der Waals surface area contributed by atoms with Crippen molar-refractivity contribution in [2.75, 3.05) is 19.1 Å². The molecule has 2 heterocycles. The molecule has 0 bridgehead atoms. The standard InChI is InChI=1S/C22H21N2O4/c1-27-16-10-11-17(19(14-16)28-2)22(26)23-13-12-20(23)24-18-8-4-3-6-15(18)7-5-9-21(24)25/h3-4,6,8,10-11,13-14,20H,5,7,9H2,1-2H3/q-1. The SMILES string of the molecule is COc1ccc(C(=O)N2C=[C-]C2N2C(=O)CCCc3ccccc32)c(OC)c1. The molecule has 6 nitrogen and oxygen atoms in total. The fraction of sp³-hybridized carbons (Fsp3) is 0.273. The minimum absolute atomic E-state index is 0.00459. The highest BCUT2D eigenvalue weighted by molar-refractivity contribution is 6.01. The van der Waals surface area contributed by atoms with E-state index in [2.05, 4.69) is 6.08 Å². The van der Waals surface area contributed by atoms with E-state index in [1.54, 1.807) is 36.4 Å². The minimum Gasteiger partial charge on any atom is -0.497 e. The molecule has 0 radical (unpaired) electrons. The van der Waals surface area contributed by atoms with E-state index in [0.29, 0.717) is 23.5 Å². The van der Waals surface area contributed by atoms with Crippen LogP contribution in [0.15, 0.2) is 48.7 Å². The number of hydrogen-bond donors (Lipinski definition) is 0. The number of anilines is 1. The van der Waals surface area contributed by atoms with Gasteiger partial charge in [0.2, 0.25) is 5.91 Å². The third kappa shape index (κ3) is 3.01. The fourth-order valence-electron chi connectivity index (χ4n) is 3.61. The second-order valence-electron chi connectivity index (χ2n) is 6.69. The molecule has 0 saturated carbocycles. The van der Waals surface area contributed by atoms with Crippen molar-refractivity contribution in [3.63, 3.8) is 0 Å². The Balaban J connectivity index is 1.66. The molecular weight excluding hydrogens is 356 g/mol. The predicted molar refractivity (Wildman–Crippen MR) is 104 cm³/mol. The van der Waals surface area contributed by atoms with Crippen LogP contribution in [0.1, 0.15) is 28.8 Å². The summed E-state index contributed by atoms with van der Waals surface area (Å²) in [7, 11) is 3.07. The zero-order valence-corrected chi connectivity index (χ0v) is 15.8. The number of fused-ring (bicyclic) bond motifs is 1. The second kappa shape index (κ2) is 7.38. The van der Waals surface area contributed by atoms with Crippen molar-refractivity contribution >= 4 is 17.5 Å². The largest absolute Gasteiger partial charge is 0.497 e. The zero-order chi connectivity index (χ0) is 19.7. The highest BCUT2D eigenvalue weighted by Crippen LogP contribution is 2.34. The normalized spacial score (nSPS) is 18.2. The van der Waals surface area contributed by atoms with Gasteiger partial charge in [-0.15, -0.1) is 0 Å². The molecule has 0 fully saturated rings. The number of carbonyl (C=O) groups excluding carboxylic acids is 2. The molecule has 0 aromatic heterocycles. The first-order valence-corrected chi connectivity index (χ1v) is 9.18. The Bertz CT molecular complexity index is 953. The maximum absolute atomic E-state index is 13.2. The van der Waals surface area contributed by atoms with E-state index in [9.17, 15) is 9.59 Å². The molecule has 6 heteroatoms. The molecule has 0 spiro atoms. The topological polar surface area (TPSA) is 59.1 Å². The number of nitrogens with zero attached hydrogens (tertiary/aromatic N) is 2. The summed E-state index contributed by atoms with van der Waals surface area (Å²) in [5.74, 6) is 0.770. The lowest BCUT2D eigenvalue weighted by Crippen LogP contribution is -2.55. The molecule has 2 aromatic rings. The van der Waals surface area contributed by atoms with Crippen LogP contribution < -0.4 is 14.4 Å². The molecule has 2 aliphatic heterocycles. The van der Waals surface area contributed by atoms with Gasteiger partial charge in [0.15, 0.2) is 0 Å². The number of carbonyl (C=O) groups is 2. The predicted octanol–water partition coefficient (Wildman–Crippen LogP) is 3.17. The van der Waals surface area contributed by atoms with Gasteiger partial charge in [0.05, 0.1) is 19.8 Å². The molecular formula is C22H21N2O4-. The van der Waals surface area contributed by atoms with Crippen LogP contribution >= 0.6 is 0 Å². The van der Waals surface area contributed by atoms with Crippen LogP contribution in [0.4, 0.5) is 5.69 Å². The van der Waals surface area contributed by atoms with Crippen LogP contribution in [0.2, 0.25) is 0 Å². The van der Waals surface area contributed by atoms with Crippen molar-refractivity contribution in [3.05, 3.63) is 65.9 Å². The average molecular weight is 377 g/mol. The summed E-state index contributed by atoms with van der Waals surface area (Å²) in [6, 6.07) is 12.9. The number of para-hydroxylation sites is 1. The third-order valence-corrected chi connectivity index (χ3v) is 5.10. The Morgan fingerprint density at radius 3 is 2.64 bits per heavy atom. The molecule has 0 aliphatic carbocycles. The maximum Gasteiger partial charge on any atom is 0.258 e. The van der Waals surface area contributed by atoms with Gasteiger partial charge >= 0.3 is 0 Å². The number of aryl methyl sites for hydroxylation is 1. The van der Waals surface area contributed by atoms with Gasteiger partial charge < -0.3 is 25.3 Å². The quantitative estimate of drug-likeness (QED) is 0.768. The van der Waals surface area contributed by atoms with E-state index in [1.165, 1.54) is 12.0 Å². The first-order chi connectivity index (χ1) is 13.6. The van der Waals surface area contributed by atoms with Crippen molar-refractivity contribution in [2.45, 2.75) is 25.4 Å². The smallest absolute Gasteiger partial charge is 0.258 e. The molecule has 2 amide bonds. The summed E-state index contributed by atoms with van der Waals surface area (Å²) >= 11 is 0. The van der Waals surface area contributed by atoms with Crippen LogP contribution in [0.5, 0.6) is 11.5 Å². The average Bonchev–Trinajstić information content (AvgIpc) is 2.86. The van der Waals surface area contributed by atoms with Crippen molar-refractivity contribution in [1.82, 2.24) is 4.90 Å². The minimum atomic E-state index is -0.564. The summed E-state index contributed by atoms with van der Waals surface area (Å²) in [4.78, 5) is 29.2. The van der Waals surface area contributed by atoms with Gasteiger partial charge in [-0.25, -0.2) is 0 Å². The van der Waals surface area contributed by atoms with Gasteiger partial charge in [0, 0.05) is 18.2 Å². The molecule has 1 atom stereocenters. The van der Waals surface area contributed by atoms with E-state index >= 15 is 0 Å². The number of benzene rings is 2. The number of amides is 2. The van der Waals surface area contributed by atoms with Gasteiger partial charge in [0.25, 0.3) is 5.91 Å². The van der Waals surface area contributed by atoms with Crippen LogP contribution in [-0.4, -0.2) is 37.1 Å². The lowest BCUT2D eigenvalue weighted by molar-refractivity contribution is -0.119. The Morgan fingerprint density at radius 1 is 1.11 bits per heavy atom. The van der Waals surface area contributed by atoms with Gasteiger partial charge in [-0.05, 0) is 42.8 Å². The van der Waals surface area contributed by atoms with Crippen molar-refractivity contribution in [1.29, 1.82) is 0 Å². The van der Waals surface area contributed by atoms with Gasteiger partial charge in [-0.1, -0.05) is 18.2 Å². The molecule has 2 aromatic carbocycles. The molecule has 4 rings (SSSR count). The van der Waals surface area contributed by atoms with Crippen LogP contribution in [0, 0.1) is 6.08 Å². The Kier molecular flexibility index (Phi) is 4.77. The van der Waals surface area contributed by atoms with Crippen molar-refractivity contribution < 1.29 is 19.1 Å². The molecule has 2 aliphatic rings. The Hall–Kier alpha value is -3.28. The summed E-state index contributed by atoms with van der Waals surface area (Å²) < 4.78 is 10.6. The van der Waals surface area contributed by atoms with Gasteiger partial charge in [0.1, 0.15) is 11.5 Å². The van der Waals surface area contributed by atoms with Crippen LogP contribution in [-0.2, 0) is 11.2 Å². The number of rotatable bonds is 4. The summed E-state index contributed by atoms with van der Waals surface area (Å²) in [6.07, 6.45) is 6.19. The van der Waals surface area contributed by atoms with Gasteiger partial charge in [-0.2, -0.15) is 6.20 Å². The first-order valence-electron chi connectivity index (χ1n) is 9.18. The Morgan fingerprint density at radius 2 is 1.93 bits per heavy atom. The monoisotopic (exact) mass is 377 g/mol. The van der Waals surface area contributed by atoms with E-state index in [1.807, 2.05) is 24.3 Å². The summed E-state index contributed by atoms with van der Waals surface area (Å²) in [5.41, 5.74) is 2.35. The Labute approximate surface area is 164 Å². The lowest BCUT2D eigenvalue weighted by Gasteiger charge is -2.52. The first kappa shape index (κ1) is 18.1. The number of methoxy groups -OCH3 is 2. The number of ether oxygens (including phenoxy) is 2. The summed E-state index contributed by atoms with van der Waals surface area (Å²) in [6.45, 7) is 0. The fourth-order valence-corrected chi connectivity index (χ4v) is 3.61. The summed E-state index contributed by atoms with van der Waals surface area (Å²) in [5, 5.41) is 0. The molecule has 28 heavy (non-hydrogen) atoms. The lowest BCUT2D eigenvalue weighted by atomic mass is 10.1. The van der Waals surface area contributed by atoms with E-state index in [0.717, 1.165) is 24.1 Å². The molecule has 0 saturated heterocycles. The van der Waals surface area contributed by atoms with Crippen molar-refractivity contribution in [2.24, 2.45) is 0 Å². The van der Waals surface area contributed by atoms with Crippen LogP contribution in [0.25, 0.3) is 0 Å². The van der Waals surface area contributed by atoms with Crippen molar-refractivity contribution in [3.8, 4) is 11.5 Å². The highest BCUT2D eigenvalue weighted by Gasteiger charge is 2.31. The van der Waals surface area contributed by atoms with E-state index < -0.39 is 6.17 Å².